The number of likely N-dealkylation sites (N-methyl/N-ethyl adjacent to an activating group) is 1. The summed E-state index contributed by atoms with van der Waals surface area (Å²) in [5.41, 5.74) is 2.41. The summed E-state index contributed by atoms with van der Waals surface area (Å²) in [5.74, 6) is 2.98. The van der Waals surface area contributed by atoms with E-state index >= 15 is 0 Å². The second-order valence-electron chi connectivity index (χ2n) is 8.10. The molecule has 1 aromatic heterocycles. The Hall–Kier alpha value is -2.27. The van der Waals surface area contributed by atoms with Crippen LogP contribution in [-0.2, 0) is 0 Å². The van der Waals surface area contributed by atoms with Crippen LogP contribution in [0.3, 0.4) is 0 Å². The third-order valence-corrected chi connectivity index (χ3v) is 6.02. The van der Waals surface area contributed by atoms with Crippen molar-refractivity contribution in [1.82, 2.24) is 9.88 Å². The predicted octanol–water partition coefficient (Wildman–Crippen LogP) is 4.25. The van der Waals surface area contributed by atoms with Gasteiger partial charge in [-0.3, -0.25) is 0 Å². The highest BCUT2D eigenvalue weighted by Crippen LogP contribution is 2.30. The molecule has 150 valence electrons. The zero-order valence-corrected chi connectivity index (χ0v) is 17.2. The maximum atomic E-state index is 5.32. The summed E-state index contributed by atoms with van der Waals surface area (Å²) in [6, 6.07) is 13.3. The van der Waals surface area contributed by atoms with Gasteiger partial charge in [0.2, 0.25) is 0 Å². The summed E-state index contributed by atoms with van der Waals surface area (Å²) in [4.78, 5) is 9.80. The van der Waals surface area contributed by atoms with Crippen LogP contribution >= 0.6 is 0 Å². The number of anilines is 2. The number of pyridine rings is 1. The van der Waals surface area contributed by atoms with E-state index in [1.165, 1.54) is 43.2 Å². The van der Waals surface area contributed by atoms with Gasteiger partial charge >= 0.3 is 0 Å². The number of piperazine rings is 1. The summed E-state index contributed by atoms with van der Waals surface area (Å²) in [6.07, 6.45) is 6.50. The molecule has 0 bridgehead atoms. The van der Waals surface area contributed by atoms with Gasteiger partial charge in [-0.1, -0.05) is 31.4 Å². The highest BCUT2D eigenvalue weighted by atomic mass is 16.5. The third kappa shape index (κ3) is 4.58. The molecule has 5 heteroatoms. The van der Waals surface area contributed by atoms with Crippen LogP contribution in [0.5, 0.6) is 5.75 Å². The minimum absolute atomic E-state index is 0.549. The Bertz CT molecular complexity index is 763. The second-order valence-corrected chi connectivity index (χ2v) is 8.10. The summed E-state index contributed by atoms with van der Waals surface area (Å²) in [5, 5.41) is 3.73. The van der Waals surface area contributed by atoms with Gasteiger partial charge in [0.05, 0.1) is 7.11 Å². The van der Waals surface area contributed by atoms with Crippen LogP contribution in [-0.4, -0.2) is 56.3 Å². The number of nitrogens with one attached hydrogen (secondary N) is 1. The van der Waals surface area contributed by atoms with Crippen molar-refractivity contribution in [3.05, 3.63) is 36.4 Å². The van der Waals surface area contributed by atoms with Crippen molar-refractivity contribution in [3.63, 3.8) is 0 Å². The normalized spacial score (nSPS) is 18.9. The molecule has 2 fully saturated rings. The Morgan fingerprint density at radius 1 is 0.929 bits per heavy atom. The van der Waals surface area contributed by atoms with Gasteiger partial charge in [0.25, 0.3) is 0 Å². The highest BCUT2D eigenvalue weighted by Gasteiger charge is 2.19. The molecule has 1 aromatic carbocycles. The number of aromatic nitrogens is 1. The Kier molecular flexibility index (Phi) is 6.01. The zero-order valence-electron chi connectivity index (χ0n) is 17.2. The fourth-order valence-electron chi connectivity index (χ4n) is 4.19. The van der Waals surface area contributed by atoms with Crippen LogP contribution in [0.15, 0.2) is 36.4 Å². The van der Waals surface area contributed by atoms with Crippen molar-refractivity contribution in [2.45, 2.75) is 38.1 Å². The maximum absolute atomic E-state index is 5.32. The second kappa shape index (κ2) is 8.82. The highest BCUT2D eigenvalue weighted by molar-refractivity contribution is 5.71. The lowest BCUT2D eigenvalue weighted by Crippen LogP contribution is -2.44. The average Bonchev–Trinajstić information content (AvgIpc) is 2.75. The maximum Gasteiger partial charge on any atom is 0.131 e. The van der Waals surface area contributed by atoms with Crippen LogP contribution in [0.25, 0.3) is 11.1 Å². The zero-order chi connectivity index (χ0) is 19.3. The minimum Gasteiger partial charge on any atom is -0.497 e. The largest absolute Gasteiger partial charge is 0.497 e. The molecule has 1 aliphatic carbocycles. The van der Waals surface area contributed by atoms with Gasteiger partial charge in [0.15, 0.2) is 0 Å². The van der Waals surface area contributed by atoms with E-state index in [1.807, 2.05) is 12.1 Å². The Balaban J connectivity index is 1.63. The average molecular weight is 381 g/mol. The number of rotatable bonds is 5. The van der Waals surface area contributed by atoms with E-state index in [1.54, 1.807) is 7.11 Å². The van der Waals surface area contributed by atoms with Gasteiger partial charge < -0.3 is 19.9 Å². The molecule has 1 N–H and O–H groups in total. The molecule has 1 saturated carbocycles. The van der Waals surface area contributed by atoms with E-state index in [9.17, 15) is 0 Å². The van der Waals surface area contributed by atoms with Gasteiger partial charge in [-0.2, -0.15) is 0 Å². The topological polar surface area (TPSA) is 40.6 Å². The van der Waals surface area contributed by atoms with Crippen molar-refractivity contribution in [1.29, 1.82) is 0 Å². The van der Waals surface area contributed by atoms with Crippen LogP contribution in [0, 0.1) is 0 Å². The van der Waals surface area contributed by atoms with E-state index in [2.05, 4.69) is 46.4 Å². The minimum atomic E-state index is 0.549. The lowest BCUT2D eigenvalue weighted by Gasteiger charge is -2.34. The number of methoxy groups -OCH3 is 1. The fraction of sp³-hybridized carbons (Fsp3) is 0.522. The number of benzene rings is 1. The van der Waals surface area contributed by atoms with Crippen LogP contribution in [0.4, 0.5) is 11.6 Å². The Labute approximate surface area is 168 Å². The Morgan fingerprint density at radius 3 is 2.32 bits per heavy atom. The first-order valence-corrected chi connectivity index (χ1v) is 10.6. The van der Waals surface area contributed by atoms with Crippen molar-refractivity contribution in [2.75, 3.05) is 50.6 Å². The summed E-state index contributed by atoms with van der Waals surface area (Å²) < 4.78 is 5.32. The molecule has 2 heterocycles. The molecule has 1 aliphatic heterocycles. The SMILES string of the molecule is COc1ccc(-c2cc(NC3CCCCC3)nc(N3CCN(C)CC3)c2)cc1. The van der Waals surface area contributed by atoms with Gasteiger partial charge in [-0.15, -0.1) is 0 Å². The first kappa shape index (κ1) is 19.1. The van der Waals surface area contributed by atoms with E-state index < -0.39 is 0 Å². The molecular formula is C23H32N4O. The molecule has 28 heavy (non-hydrogen) atoms. The third-order valence-electron chi connectivity index (χ3n) is 6.02. The van der Waals surface area contributed by atoms with E-state index in [0.717, 1.165) is 43.6 Å². The summed E-state index contributed by atoms with van der Waals surface area (Å²) in [6.45, 7) is 4.22. The molecule has 0 radical (unpaired) electrons. The summed E-state index contributed by atoms with van der Waals surface area (Å²) in [7, 11) is 3.90. The first-order valence-electron chi connectivity index (χ1n) is 10.6. The first-order chi connectivity index (χ1) is 13.7. The summed E-state index contributed by atoms with van der Waals surface area (Å²) >= 11 is 0. The van der Waals surface area contributed by atoms with E-state index in [4.69, 9.17) is 9.72 Å². The number of hydrogen-bond acceptors (Lipinski definition) is 5. The lowest BCUT2D eigenvalue weighted by atomic mass is 9.95. The smallest absolute Gasteiger partial charge is 0.131 e. The number of nitrogens with zero attached hydrogens (tertiary/aromatic N) is 3. The quantitative estimate of drug-likeness (QED) is 0.840. The van der Waals surface area contributed by atoms with Crippen LogP contribution < -0.4 is 15.0 Å². The molecule has 0 unspecified atom stereocenters. The molecule has 4 rings (SSSR count). The van der Waals surface area contributed by atoms with Crippen molar-refractivity contribution >= 4 is 11.6 Å². The standard InChI is InChI=1S/C23H32N4O/c1-26-12-14-27(15-13-26)23-17-19(18-8-10-21(28-2)11-9-18)16-22(25-23)24-20-6-4-3-5-7-20/h8-11,16-17,20H,3-7,12-15H2,1-2H3,(H,24,25). The molecule has 0 amide bonds. The molecule has 2 aromatic rings. The predicted molar refractivity (Wildman–Crippen MR) is 116 cm³/mol. The molecular weight excluding hydrogens is 348 g/mol. The fourth-order valence-corrected chi connectivity index (χ4v) is 4.19. The number of ether oxygens (including phenoxy) is 1. The van der Waals surface area contributed by atoms with Crippen molar-refractivity contribution in [2.24, 2.45) is 0 Å². The van der Waals surface area contributed by atoms with Gasteiger partial charge in [0, 0.05) is 32.2 Å². The van der Waals surface area contributed by atoms with Gasteiger partial charge in [-0.05, 0) is 55.3 Å². The van der Waals surface area contributed by atoms with E-state index in [0.29, 0.717) is 6.04 Å². The molecule has 0 atom stereocenters. The van der Waals surface area contributed by atoms with Crippen molar-refractivity contribution in [3.8, 4) is 16.9 Å². The Morgan fingerprint density at radius 2 is 1.64 bits per heavy atom. The van der Waals surface area contributed by atoms with E-state index in [-0.39, 0.29) is 0 Å². The van der Waals surface area contributed by atoms with Crippen LogP contribution in [0.2, 0.25) is 0 Å². The van der Waals surface area contributed by atoms with Gasteiger partial charge in [0.1, 0.15) is 17.4 Å². The molecule has 5 nitrogen and oxygen atoms in total. The molecule has 1 saturated heterocycles. The molecule has 2 aliphatic rings. The molecule has 0 spiro atoms. The van der Waals surface area contributed by atoms with Gasteiger partial charge in [-0.25, -0.2) is 4.98 Å². The lowest BCUT2D eigenvalue weighted by molar-refractivity contribution is 0.312. The van der Waals surface area contributed by atoms with Crippen molar-refractivity contribution < 1.29 is 4.74 Å². The van der Waals surface area contributed by atoms with Crippen LogP contribution in [0.1, 0.15) is 32.1 Å². The monoisotopic (exact) mass is 380 g/mol. The number of hydrogen-bond donors (Lipinski definition) is 1.